The van der Waals surface area contributed by atoms with Crippen molar-refractivity contribution in [3.8, 4) is 5.69 Å². The van der Waals surface area contributed by atoms with Crippen LogP contribution in [0.25, 0.3) is 22.4 Å². The first-order valence-corrected chi connectivity index (χ1v) is 10.4. The average Bonchev–Trinajstić information content (AvgIpc) is 3.39. The Balaban J connectivity index is 1.30. The summed E-state index contributed by atoms with van der Waals surface area (Å²) in [5.74, 6) is 0.867. The number of rotatable bonds is 6. The van der Waals surface area contributed by atoms with Gasteiger partial charge in [0.15, 0.2) is 0 Å². The quantitative estimate of drug-likeness (QED) is 0.456. The maximum Gasteiger partial charge on any atom is 0.220 e. The molecule has 0 aliphatic heterocycles. The normalized spacial score (nSPS) is 11.3. The number of pyridine rings is 1. The topological polar surface area (TPSA) is 64.2 Å². The van der Waals surface area contributed by atoms with Gasteiger partial charge < -0.3 is 9.72 Å². The zero-order chi connectivity index (χ0) is 21.2. The number of nitrogens with one attached hydrogen (secondary N) is 1. The number of carbonyl (C=O) groups excluding carboxylic acids is 1. The van der Waals surface area contributed by atoms with Crippen LogP contribution in [0.4, 0.5) is 0 Å². The summed E-state index contributed by atoms with van der Waals surface area (Å²) in [6.45, 7) is 2.44. The van der Waals surface area contributed by atoms with Gasteiger partial charge in [0.25, 0.3) is 0 Å². The van der Waals surface area contributed by atoms with Gasteiger partial charge in [-0.15, -0.1) is 0 Å². The number of aryl methyl sites for hydroxylation is 2. The van der Waals surface area contributed by atoms with Gasteiger partial charge in [-0.1, -0.05) is 36.4 Å². The molecule has 0 radical (unpaired) electrons. The molecular formula is C25H23N5O. The highest BCUT2D eigenvalue weighted by molar-refractivity contribution is 5.79. The van der Waals surface area contributed by atoms with Gasteiger partial charge in [-0.25, -0.2) is 9.97 Å². The fraction of sp³-hybridized carbons (Fsp3) is 0.160. The Labute approximate surface area is 180 Å². The molecule has 0 spiro atoms. The van der Waals surface area contributed by atoms with Gasteiger partial charge in [0, 0.05) is 30.9 Å². The van der Waals surface area contributed by atoms with Crippen LogP contribution in [0, 0.1) is 6.92 Å². The maximum absolute atomic E-state index is 12.6. The fourth-order valence-electron chi connectivity index (χ4n) is 3.90. The number of hydrogen-bond acceptors (Lipinski definition) is 3. The second-order valence-corrected chi connectivity index (χ2v) is 7.62. The summed E-state index contributed by atoms with van der Waals surface area (Å²) in [6.07, 6.45) is 4.84. The van der Waals surface area contributed by atoms with Crippen LogP contribution >= 0.6 is 0 Å². The van der Waals surface area contributed by atoms with Crippen molar-refractivity contribution in [2.24, 2.45) is 0 Å². The minimum Gasteiger partial charge on any atom is -0.350 e. The molecule has 31 heavy (non-hydrogen) atoms. The molecule has 0 unspecified atom stereocenters. The van der Waals surface area contributed by atoms with Gasteiger partial charge in [0.1, 0.15) is 11.5 Å². The van der Waals surface area contributed by atoms with E-state index in [2.05, 4.69) is 33.1 Å². The van der Waals surface area contributed by atoms with E-state index in [4.69, 9.17) is 4.98 Å². The molecule has 0 atom stereocenters. The number of para-hydroxylation sites is 3. The van der Waals surface area contributed by atoms with E-state index in [0.29, 0.717) is 19.4 Å². The van der Waals surface area contributed by atoms with Gasteiger partial charge in [0.2, 0.25) is 5.91 Å². The van der Waals surface area contributed by atoms with Crippen molar-refractivity contribution in [2.75, 3.05) is 0 Å². The molecule has 6 heteroatoms. The summed E-state index contributed by atoms with van der Waals surface area (Å²) in [5.41, 5.74) is 5.90. The minimum atomic E-state index is -0.0135. The summed E-state index contributed by atoms with van der Waals surface area (Å²) in [4.78, 5) is 22.0. The van der Waals surface area contributed by atoms with Crippen molar-refractivity contribution in [2.45, 2.75) is 26.3 Å². The molecule has 3 aromatic heterocycles. The molecular weight excluding hydrogens is 386 g/mol. The molecule has 0 saturated heterocycles. The predicted molar refractivity (Wildman–Crippen MR) is 121 cm³/mol. The first-order valence-electron chi connectivity index (χ1n) is 10.4. The molecule has 0 bridgehead atoms. The Bertz CT molecular complexity index is 1370. The molecule has 1 N–H and O–H groups in total. The molecule has 6 nitrogen and oxygen atoms in total. The SMILES string of the molecule is Cc1cccn2cc(CNC(=O)CCc3nc4ccccc4n3-c3ccccc3)nc12. The van der Waals surface area contributed by atoms with Gasteiger partial charge in [0.05, 0.1) is 23.3 Å². The van der Waals surface area contributed by atoms with Gasteiger partial charge in [-0.2, -0.15) is 0 Å². The second-order valence-electron chi connectivity index (χ2n) is 7.62. The monoisotopic (exact) mass is 409 g/mol. The standard InChI is InChI=1S/C25H23N5O/c1-18-8-7-15-29-17-19(27-25(18)29)16-26-24(31)14-13-23-28-21-11-5-6-12-22(21)30(23)20-9-3-2-4-10-20/h2-12,15,17H,13-14,16H2,1H3,(H,26,31). The number of carbonyl (C=O) groups is 1. The highest BCUT2D eigenvalue weighted by Crippen LogP contribution is 2.22. The third-order valence-electron chi connectivity index (χ3n) is 5.41. The number of aromatic nitrogens is 4. The van der Waals surface area contributed by atoms with E-state index in [9.17, 15) is 4.79 Å². The lowest BCUT2D eigenvalue weighted by Crippen LogP contribution is -2.23. The van der Waals surface area contributed by atoms with Crippen LogP contribution in [0.5, 0.6) is 0 Å². The summed E-state index contributed by atoms with van der Waals surface area (Å²) < 4.78 is 4.12. The highest BCUT2D eigenvalue weighted by atomic mass is 16.1. The van der Waals surface area contributed by atoms with Gasteiger partial charge >= 0.3 is 0 Å². The van der Waals surface area contributed by atoms with E-state index in [1.807, 2.05) is 72.2 Å². The number of benzene rings is 2. The summed E-state index contributed by atoms with van der Waals surface area (Å²) >= 11 is 0. The highest BCUT2D eigenvalue weighted by Gasteiger charge is 2.14. The van der Waals surface area contributed by atoms with Crippen LogP contribution in [0.2, 0.25) is 0 Å². The molecule has 3 heterocycles. The van der Waals surface area contributed by atoms with E-state index < -0.39 is 0 Å². The third kappa shape index (κ3) is 3.80. The van der Waals surface area contributed by atoms with Crippen LogP contribution in [0.1, 0.15) is 23.5 Å². The van der Waals surface area contributed by atoms with Crippen LogP contribution < -0.4 is 5.32 Å². The Morgan fingerprint density at radius 3 is 2.61 bits per heavy atom. The van der Waals surface area contributed by atoms with Crippen molar-refractivity contribution >= 4 is 22.6 Å². The Kier molecular flexibility index (Phi) is 4.96. The minimum absolute atomic E-state index is 0.0135. The van der Waals surface area contributed by atoms with Crippen molar-refractivity contribution < 1.29 is 4.79 Å². The molecule has 0 aliphatic carbocycles. The third-order valence-corrected chi connectivity index (χ3v) is 5.41. The lowest BCUT2D eigenvalue weighted by atomic mass is 10.2. The van der Waals surface area contributed by atoms with E-state index in [-0.39, 0.29) is 5.91 Å². The number of amides is 1. The van der Waals surface area contributed by atoms with Crippen LogP contribution in [0.15, 0.2) is 79.1 Å². The zero-order valence-corrected chi connectivity index (χ0v) is 17.3. The van der Waals surface area contributed by atoms with Gasteiger partial charge in [-0.3, -0.25) is 9.36 Å². The van der Waals surface area contributed by atoms with E-state index in [0.717, 1.165) is 39.4 Å². The summed E-state index contributed by atoms with van der Waals surface area (Å²) in [5, 5.41) is 2.99. The fourth-order valence-corrected chi connectivity index (χ4v) is 3.90. The first kappa shape index (κ1) is 19.1. The largest absolute Gasteiger partial charge is 0.350 e. The summed E-state index contributed by atoms with van der Waals surface area (Å²) in [6, 6.07) is 22.2. The van der Waals surface area contributed by atoms with E-state index >= 15 is 0 Å². The molecule has 2 aromatic carbocycles. The Hall–Kier alpha value is -3.93. The molecule has 1 amide bonds. The van der Waals surface area contributed by atoms with Crippen LogP contribution in [-0.2, 0) is 17.8 Å². The Morgan fingerprint density at radius 2 is 1.77 bits per heavy atom. The smallest absolute Gasteiger partial charge is 0.220 e. The second kappa shape index (κ2) is 8.07. The number of imidazole rings is 2. The maximum atomic E-state index is 12.6. The molecule has 5 aromatic rings. The number of hydrogen-bond donors (Lipinski definition) is 1. The zero-order valence-electron chi connectivity index (χ0n) is 17.3. The van der Waals surface area contributed by atoms with Crippen molar-refractivity contribution in [3.05, 3.63) is 96.2 Å². The summed E-state index contributed by atoms with van der Waals surface area (Å²) in [7, 11) is 0. The molecule has 0 saturated carbocycles. The molecule has 0 fully saturated rings. The van der Waals surface area contributed by atoms with Crippen molar-refractivity contribution in [3.63, 3.8) is 0 Å². The lowest BCUT2D eigenvalue weighted by molar-refractivity contribution is -0.121. The van der Waals surface area contributed by atoms with Gasteiger partial charge in [-0.05, 0) is 42.8 Å². The molecule has 5 rings (SSSR count). The lowest BCUT2D eigenvalue weighted by Gasteiger charge is -2.09. The average molecular weight is 409 g/mol. The van der Waals surface area contributed by atoms with Crippen LogP contribution in [0.3, 0.4) is 0 Å². The number of nitrogens with zero attached hydrogens (tertiary/aromatic N) is 4. The Morgan fingerprint density at radius 1 is 0.968 bits per heavy atom. The molecule has 0 aliphatic rings. The first-order chi connectivity index (χ1) is 15.2. The number of fused-ring (bicyclic) bond motifs is 2. The molecule has 154 valence electrons. The van der Waals surface area contributed by atoms with Crippen molar-refractivity contribution in [1.82, 2.24) is 24.3 Å². The van der Waals surface area contributed by atoms with E-state index in [1.54, 1.807) is 0 Å². The van der Waals surface area contributed by atoms with Crippen LogP contribution in [-0.4, -0.2) is 24.8 Å². The van der Waals surface area contributed by atoms with E-state index in [1.165, 1.54) is 0 Å². The predicted octanol–water partition coefficient (Wildman–Crippen LogP) is 4.23. The van der Waals surface area contributed by atoms with Crippen molar-refractivity contribution in [1.29, 1.82) is 0 Å².